The maximum atomic E-state index is 12.3. The van der Waals surface area contributed by atoms with Gasteiger partial charge in [0.15, 0.2) is 5.13 Å². The number of piperidine rings is 1. The third kappa shape index (κ3) is 4.06. The van der Waals surface area contributed by atoms with E-state index < -0.39 is 0 Å². The largest absolute Gasteiger partial charge is 0.462 e. The lowest BCUT2D eigenvalue weighted by Gasteiger charge is -2.33. The van der Waals surface area contributed by atoms with Crippen LogP contribution in [0.15, 0.2) is 5.38 Å². The predicted octanol–water partition coefficient (Wildman–Crippen LogP) is 4.33. The minimum absolute atomic E-state index is 0.279. The second-order valence-electron chi connectivity index (χ2n) is 7.25. The first-order chi connectivity index (χ1) is 14.0. The van der Waals surface area contributed by atoms with Crippen LogP contribution in [0.4, 0.5) is 10.9 Å². The normalized spacial score (nSPS) is 15.1. The van der Waals surface area contributed by atoms with Gasteiger partial charge in [-0.3, -0.25) is 0 Å². The van der Waals surface area contributed by atoms with E-state index in [1.54, 1.807) is 11.3 Å². The smallest absolute Gasteiger partial charge is 0.348 e. The van der Waals surface area contributed by atoms with E-state index in [2.05, 4.69) is 25.6 Å². The van der Waals surface area contributed by atoms with Crippen LogP contribution in [0.2, 0.25) is 0 Å². The van der Waals surface area contributed by atoms with Crippen molar-refractivity contribution in [1.82, 2.24) is 15.0 Å². The summed E-state index contributed by atoms with van der Waals surface area (Å²) in [7, 11) is 0. The Kier molecular flexibility index (Phi) is 5.69. The summed E-state index contributed by atoms with van der Waals surface area (Å²) in [6, 6.07) is 0.411. The van der Waals surface area contributed by atoms with E-state index in [9.17, 15) is 4.79 Å². The number of nitrogens with zero attached hydrogens (tertiary/aromatic N) is 4. The molecule has 0 bridgehead atoms. The number of nitrogens with one attached hydrogen (secondary N) is 1. The van der Waals surface area contributed by atoms with Crippen LogP contribution in [0.3, 0.4) is 0 Å². The van der Waals surface area contributed by atoms with Crippen LogP contribution in [0.1, 0.15) is 46.5 Å². The molecule has 29 heavy (non-hydrogen) atoms. The molecule has 0 atom stereocenters. The number of aryl methyl sites for hydroxylation is 3. The van der Waals surface area contributed by atoms with Crippen molar-refractivity contribution in [2.24, 2.45) is 0 Å². The average Bonchev–Trinajstić information content (AvgIpc) is 3.25. The van der Waals surface area contributed by atoms with E-state index in [4.69, 9.17) is 9.72 Å². The van der Waals surface area contributed by atoms with Gasteiger partial charge in [0.2, 0.25) is 0 Å². The summed E-state index contributed by atoms with van der Waals surface area (Å²) in [4.78, 5) is 30.0. The first-order valence-electron chi connectivity index (χ1n) is 9.84. The molecule has 4 heterocycles. The highest BCUT2D eigenvalue weighted by Crippen LogP contribution is 2.37. The van der Waals surface area contributed by atoms with Crippen LogP contribution in [0.25, 0.3) is 10.2 Å². The standard InChI is InChI=1S/C20H25N5O2S2/c1-5-27-19(26)16-12(3)15-17(22-13(4)23-18(15)29-16)25-8-6-14(7-9-25)24-20-21-11(2)10-28-20/h10,14H,5-9H2,1-4H3,(H,21,24). The van der Waals surface area contributed by atoms with E-state index in [1.807, 2.05) is 27.7 Å². The van der Waals surface area contributed by atoms with Crippen molar-refractivity contribution in [2.75, 3.05) is 29.9 Å². The highest BCUT2D eigenvalue weighted by Gasteiger charge is 2.26. The highest BCUT2D eigenvalue weighted by atomic mass is 32.1. The molecule has 3 aromatic rings. The Hall–Kier alpha value is -2.26. The van der Waals surface area contributed by atoms with Gasteiger partial charge in [0, 0.05) is 24.5 Å². The fourth-order valence-electron chi connectivity index (χ4n) is 3.67. The van der Waals surface area contributed by atoms with Crippen molar-refractivity contribution in [3.05, 3.63) is 27.3 Å². The minimum atomic E-state index is -0.279. The lowest BCUT2D eigenvalue weighted by molar-refractivity contribution is 0.0531. The molecule has 1 aliphatic heterocycles. The van der Waals surface area contributed by atoms with Gasteiger partial charge in [0.1, 0.15) is 21.3 Å². The van der Waals surface area contributed by atoms with Gasteiger partial charge in [-0.05, 0) is 46.1 Å². The van der Waals surface area contributed by atoms with E-state index in [0.717, 1.165) is 64.2 Å². The number of thiazole rings is 1. The lowest BCUT2D eigenvalue weighted by Crippen LogP contribution is -2.39. The molecular weight excluding hydrogens is 406 g/mol. The van der Waals surface area contributed by atoms with Gasteiger partial charge in [-0.1, -0.05) is 0 Å². The van der Waals surface area contributed by atoms with Crippen molar-refractivity contribution in [2.45, 2.75) is 46.6 Å². The van der Waals surface area contributed by atoms with E-state index in [-0.39, 0.29) is 5.97 Å². The summed E-state index contributed by atoms with van der Waals surface area (Å²) in [6.07, 6.45) is 2.02. The van der Waals surface area contributed by atoms with Crippen LogP contribution in [0.5, 0.6) is 0 Å². The SMILES string of the molecule is CCOC(=O)c1sc2nc(C)nc(N3CCC(Nc4nc(C)cs4)CC3)c2c1C. The molecule has 7 nitrogen and oxygen atoms in total. The third-order valence-electron chi connectivity index (χ3n) is 5.08. The molecule has 1 saturated heterocycles. The van der Waals surface area contributed by atoms with Crippen LogP contribution in [-0.4, -0.2) is 46.7 Å². The van der Waals surface area contributed by atoms with Crippen molar-refractivity contribution in [3.8, 4) is 0 Å². The van der Waals surface area contributed by atoms with Gasteiger partial charge in [0.25, 0.3) is 0 Å². The minimum Gasteiger partial charge on any atom is -0.462 e. The van der Waals surface area contributed by atoms with Crippen LogP contribution in [0, 0.1) is 20.8 Å². The number of carbonyl (C=O) groups is 1. The second-order valence-corrected chi connectivity index (χ2v) is 9.11. The Morgan fingerprint density at radius 1 is 1.24 bits per heavy atom. The molecule has 0 aliphatic carbocycles. The maximum absolute atomic E-state index is 12.3. The zero-order chi connectivity index (χ0) is 20.5. The summed E-state index contributed by atoms with van der Waals surface area (Å²) in [5, 5.41) is 7.60. The van der Waals surface area contributed by atoms with Gasteiger partial charge < -0.3 is 15.0 Å². The van der Waals surface area contributed by atoms with Gasteiger partial charge in [-0.25, -0.2) is 19.7 Å². The molecule has 4 rings (SSSR count). The van der Waals surface area contributed by atoms with Crippen LogP contribution in [-0.2, 0) is 4.74 Å². The molecule has 1 fully saturated rings. The van der Waals surface area contributed by atoms with Crippen LogP contribution < -0.4 is 10.2 Å². The Labute approximate surface area is 178 Å². The van der Waals surface area contributed by atoms with Gasteiger partial charge in [-0.2, -0.15) is 0 Å². The fourth-order valence-corrected chi connectivity index (χ4v) is 5.55. The van der Waals surface area contributed by atoms with Crippen molar-refractivity contribution < 1.29 is 9.53 Å². The van der Waals surface area contributed by atoms with E-state index in [1.165, 1.54) is 11.3 Å². The molecule has 0 amide bonds. The van der Waals surface area contributed by atoms with E-state index >= 15 is 0 Å². The predicted molar refractivity (Wildman–Crippen MR) is 119 cm³/mol. The molecular formula is C20H25N5O2S2. The van der Waals surface area contributed by atoms with Crippen molar-refractivity contribution >= 4 is 49.8 Å². The van der Waals surface area contributed by atoms with Gasteiger partial charge >= 0.3 is 5.97 Å². The Morgan fingerprint density at radius 3 is 2.66 bits per heavy atom. The van der Waals surface area contributed by atoms with Crippen molar-refractivity contribution in [3.63, 3.8) is 0 Å². The molecule has 1 N–H and O–H groups in total. The number of anilines is 2. The zero-order valence-electron chi connectivity index (χ0n) is 17.1. The fraction of sp³-hybridized carbons (Fsp3) is 0.500. The average molecular weight is 432 g/mol. The molecule has 9 heteroatoms. The topological polar surface area (TPSA) is 80.2 Å². The summed E-state index contributed by atoms with van der Waals surface area (Å²) >= 11 is 3.05. The number of hydrogen-bond acceptors (Lipinski definition) is 9. The summed E-state index contributed by atoms with van der Waals surface area (Å²) in [5.74, 6) is 1.38. The van der Waals surface area contributed by atoms with Crippen molar-refractivity contribution in [1.29, 1.82) is 0 Å². The summed E-state index contributed by atoms with van der Waals surface area (Å²) < 4.78 is 5.22. The summed E-state index contributed by atoms with van der Waals surface area (Å²) in [6.45, 7) is 9.87. The van der Waals surface area contributed by atoms with Crippen LogP contribution >= 0.6 is 22.7 Å². The third-order valence-corrected chi connectivity index (χ3v) is 7.14. The maximum Gasteiger partial charge on any atom is 0.348 e. The number of carbonyl (C=O) groups excluding carboxylic acids is 1. The highest BCUT2D eigenvalue weighted by molar-refractivity contribution is 7.20. The number of fused-ring (bicyclic) bond motifs is 1. The quantitative estimate of drug-likeness (QED) is 0.602. The Balaban J connectivity index is 1.57. The number of hydrogen-bond donors (Lipinski definition) is 1. The van der Waals surface area contributed by atoms with Gasteiger partial charge in [0.05, 0.1) is 17.7 Å². The number of rotatable bonds is 5. The summed E-state index contributed by atoms with van der Waals surface area (Å²) in [5.41, 5.74) is 1.97. The molecule has 1 aliphatic rings. The van der Waals surface area contributed by atoms with E-state index in [0.29, 0.717) is 17.5 Å². The number of thiophene rings is 1. The molecule has 0 unspecified atom stereocenters. The number of aromatic nitrogens is 3. The Bertz CT molecular complexity index is 1040. The molecule has 154 valence electrons. The number of ether oxygens (including phenoxy) is 1. The number of esters is 1. The molecule has 0 saturated carbocycles. The second kappa shape index (κ2) is 8.23. The lowest BCUT2D eigenvalue weighted by atomic mass is 10.0. The molecule has 0 spiro atoms. The first-order valence-corrected chi connectivity index (χ1v) is 11.5. The van der Waals surface area contributed by atoms with Gasteiger partial charge in [-0.15, -0.1) is 22.7 Å². The molecule has 0 radical (unpaired) electrons. The molecule has 3 aromatic heterocycles. The first kappa shape index (κ1) is 20.0. The zero-order valence-corrected chi connectivity index (χ0v) is 18.7. The Morgan fingerprint density at radius 2 is 2.00 bits per heavy atom. The molecule has 0 aromatic carbocycles. The monoisotopic (exact) mass is 431 g/mol.